The minimum absolute atomic E-state index is 0.00155. The summed E-state index contributed by atoms with van der Waals surface area (Å²) in [6.07, 6.45) is 1.88. The van der Waals surface area contributed by atoms with E-state index in [0.29, 0.717) is 5.56 Å². The van der Waals surface area contributed by atoms with E-state index in [1.54, 1.807) is 24.3 Å². The predicted octanol–water partition coefficient (Wildman–Crippen LogP) is 1.53. The largest absolute Gasteiger partial charge is 0.352 e. The lowest BCUT2D eigenvalue weighted by Gasteiger charge is -2.27. The molecule has 0 aliphatic carbocycles. The van der Waals surface area contributed by atoms with Crippen molar-refractivity contribution < 1.29 is 13.2 Å². The summed E-state index contributed by atoms with van der Waals surface area (Å²) in [7, 11) is -2.05. The Kier molecular flexibility index (Phi) is 5.71. The Morgan fingerprint density at radius 1 is 1.30 bits per heavy atom. The maximum atomic E-state index is 12.4. The van der Waals surface area contributed by atoms with Gasteiger partial charge >= 0.3 is 0 Å². The fraction of sp³-hybridized carbons (Fsp3) is 0.500. The second-order valence-corrected chi connectivity index (χ2v) is 6.95. The van der Waals surface area contributed by atoms with Gasteiger partial charge in [0.2, 0.25) is 15.9 Å². The Labute approximate surface area is 121 Å². The van der Waals surface area contributed by atoms with Crippen LogP contribution in [0.2, 0.25) is 0 Å². The van der Waals surface area contributed by atoms with Crippen LogP contribution < -0.4 is 5.32 Å². The van der Waals surface area contributed by atoms with Crippen LogP contribution in [-0.2, 0) is 14.8 Å². The second kappa shape index (κ2) is 6.85. The van der Waals surface area contributed by atoms with Crippen molar-refractivity contribution >= 4 is 15.9 Å². The first kappa shape index (κ1) is 16.7. The smallest absolute Gasteiger partial charge is 0.243 e. The number of nitrogens with one attached hydrogen (secondary N) is 1. The summed E-state index contributed by atoms with van der Waals surface area (Å²) in [4.78, 5) is 12.4. The third-order valence-corrected chi connectivity index (χ3v) is 4.51. The lowest BCUT2D eigenvalue weighted by Crippen LogP contribution is -2.43. The number of amides is 1. The molecule has 0 aromatic heterocycles. The molecule has 1 N–H and O–H groups in total. The van der Waals surface area contributed by atoms with Crippen LogP contribution in [0, 0.1) is 0 Å². The third-order valence-electron chi connectivity index (χ3n) is 3.25. The molecule has 0 unspecified atom stereocenters. The topological polar surface area (TPSA) is 66.5 Å². The van der Waals surface area contributed by atoms with Crippen molar-refractivity contribution in [1.82, 2.24) is 9.62 Å². The van der Waals surface area contributed by atoms with Crippen molar-refractivity contribution in [3.05, 3.63) is 35.9 Å². The fourth-order valence-electron chi connectivity index (χ4n) is 1.78. The van der Waals surface area contributed by atoms with Gasteiger partial charge in [0.15, 0.2) is 0 Å². The molecule has 5 nitrogen and oxygen atoms in total. The van der Waals surface area contributed by atoms with Gasteiger partial charge in [-0.1, -0.05) is 37.3 Å². The number of likely N-dealkylation sites (N-methyl/N-ethyl adjacent to an activating group) is 1. The summed E-state index contributed by atoms with van der Waals surface area (Å²) in [6, 6.07) is 8.06. The summed E-state index contributed by atoms with van der Waals surface area (Å²) >= 11 is 0. The van der Waals surface area contributed by atoms with E-state index in [-0.39, 0.29) is 11.9 Å². The summed E-state index contributed by atoms with van der Waals surface area (Å²) in [5.74, 6) is -0.307. The number of rotatable bonds is 6. The highest BCUT2D eigenvalue weighted by Gasteiger charge is 2.30. The van der Waals surface area contributed by atoms with Crippen molar-refractivity contribution in [1.29, 1.82) is 0 Å². The van der Waals surface area contributed by atoms with Gasteiger partial charge in [-0.25, -0.2) is 8.42 Å². The van der Waals surface area contributed by atoms with E-state index >= 15 is 0 Å². The van der Waals surface area contributed by atoms with Crippen LogP contribution in [0.15, 0.2) is 30.3 Å². The quantitative estimate of drug-likeness (QED) is 0.866. The normalized spacial score (nSPS) is 14.8. The number of nitrogens with zero attached hydrogens (tertiary/aromatic N) is 1. The van der Waals surface area contributed by atoms with Gasteiger partial charge in [0, 0.05) is 13.1 Å². The second-order valence-electron chi connectivity index (χ2n) is 4.91. The van der Waals surface area contributed by atoms with Crippen LogP contribution in [0.5, 0.6) is 0 Å². The Bertz CT molecular complexity index is 543. The molecule has 0 heterocycles. The van der Waals surface area contributed by atoms with Crippen molar-refractivity contribution in [3.8, 4) is 0 Å². The molecule has 1 amide bonds. The zero-order valence-electron chi connectivity index (χ0n) is 12.3. The SMILES string of the molecule is CC[C@@H](C)NC(=O)[C@H](c1ccccc1)N(C)S(C)(=O)=O. The Balaban J connectivity index is 3.12. The molecule has 0 saturated heterocycles. The van der Waals surface area contributed by atoms with Gasteiger partial charge in [0.25, 0.3) is 0 Å². The molecule has 20 heavy (non-hydrogen) atoms. The molecule has 0 aliphatic rings. The molecule has 2 atom stereocenters. The number of hydrogen-bond donors (Lipinski definition) is 1. The average Bonchev–Trinajstić information content (AvgIpc) is 2.38. The number of hydrogen-bond acceptors (Lipinski definition) is 3. The molecule has 112 valence electrons. The number of carbonyl (C=O) groups excluding carboxylic acids is 1. The molecule has 0 aliphatic heterocycles. The molecule has 0 spiro atoms. The lowest BCUT2D eigenvalue weighted by molar-refractivity contribution is -0.125. The van der Waals surface area contributed by atoms with Crippen LogP contribution >= 0.6 is 0 Å². The van der Waals surface area contributed by atoms with Crippen molar-refractivity contribution in [2.24, 2.45) is 0 Å². The van der Waals surface area contributed by atoms with Gasteiger partial charge in [-0.15, -0.1) is 0 Å². The molecule has 0 radical (unpaired) electrons. The summed E-state index contributed by atoms with van der Waals surface area (Å²) in [5.41, 5.74) is 0.654. The predicted molar refractivity (Wildman–Crippen MR) is 79.7 cm³/mol. The summed E-state index contributed by atoms with van der Waals surface area (Å²) in [6.45, 7) is 3.85. The van der Waals surface area contributed by atoms with E-state index in [1.807, 2.05) is 19.9 Å². The minimum atomic E-state index is -3.47. The molecule has 0 saturated carbocycles. The third kappa shape index (κ3) is 4.31. The number of carbonyl (C=O) groups is 1. The molecule has 0 fully saturated rings. The standard InChI is InChI=1S/C14H22N2O3S/c1-5-11(2)15-14(17)13(16(3)20(4,18)19)12-9-7-6-8-10-12/h6-11,13H,5H2,1-4H3,(H,15,17)/t11-,13+/m1/s1. The van der Waals surface area contributed by atoms with E-state index in [4.69, 9.17) is 0 Å². The Morgan fingerprint density at radius 2 is 1.85 bits per heavy atom. The van der Waals surface area contributed by atoms with Crippen molar-refractivity contribution in [2.75, 3.05) is 13.3 Å². The van der Waals surface area contributed by atoms with Crippen LogP contribution in [-0.4, -0.2) is 38.0 Å². The molecule has 6 heteroatoms. The average molecular weight is 298 g/mol. The Hall–Kier alpha value is -1.40. The molecule has 0 bridgehead atoms. The molecular weight excluding hydrogens is 276 g/mol. The summed E-state index contributed by atoms with van der Waals surface area (Å²) < 4.78 is 24.6. The fourth-order valence-corrected chi connectivity index (χ4v) is 2.38. The zero-order chi connectivity index (χ0) is 15.3. The summed E-state index contributed by atoms with van der Waals surface area (Å²) in [5, 5.41) is 2.84. The molecule has 1 rings (SSSR count). The first-order valence-electron chi connectivity index (χ1n) is 6.55. The maximum absolute atomic E-state index is 12.4. The zero-order valence-corrected chi connectivity index (χ0v) is 13.1. The number of benzene rings is 1. The van der Waals surface area contributed by atoms with Crippen LogP contribution in [0.25, 0.3) is 0 Å². The van der Waals surface area contributed by atoms with Gasteiger partial charge < -0.3 is 5.32 Å². The Morgan fingerprint density at radius 3 is 2.30 bits per heavy atom. The van der Waals surface area contributed by atoms with Gasteiger partial charge in [-0.05, 0) is 18.9 Å². The monoisotopic (exact) mass is 298 g/mol. The van der Waals surface area contributed by atoms with Gasteiger partial charge in [-0.3, -0.25) is 4.79 Å². The molecular formula is C14H22N2O3S. The van der Waals surface area contributed by atoms with Crippen LogP contribution in [0.4, 0.5) is 0 Å². The van der Waals surface area contributed by atoms with Crippen LogP contribution in [0.3, 0.4) is 0 Å². The molecule has 1 aromatic rings. The van der Waals surface area contributed by atoms with Gasteiger partial charge in [-0.2, -0.15) is 4.31 Å². The minimum Gasteiger partial charge on any atom is -0.352 e. The van der Waals surface area contributed by atoms with Gasteiger partial charge in [0.1, 0.15) is 6.04 Å². The highest BCUT2D eigenvalue weighted by atomic mass is 32.2. The lowest BCUT2D eigenvalue weighted by atomic mass is 10.1. The van der Waals surface area contributed by atoms with Gasteiger partial charge in [0.05, 0.1) is 6.26 Å². The molecule has 1 aromatic carbocycles. The first-order chi connectivity index (χ1) is 9.27. The van der Waals surface area contributed by atoms with E-state index in [2.05, 4.69) is 5.32 Å². The van der Waals surface area contributed by atoms with E-state index in [0.717, 1.165) is 17.0 Å². The highest BCUT2D eigenvalue weighted by Crippen LogP contribution is 2.22. The van der Waals surface area contributed by atoms with Crippen molar-refractivity contribution in [2.45, 2.75) is 32.4 Å². The van der Waals surface area contributed by atoms with E-state index in [9.17, 15) is 13.2 Å². The van der Waals surface area contributed by atoms with E-state index in [1.165, 1.54) is 7.05 Å². The number of sulfonamides is 1. The van der Waals surface area contributed by atoms with Crippen molar-refractivity contribution in [3.63, 3.8) is 0 Å². The van der Waals surface area contributed by atoms with E-state index < -0.39 is 16.1 Å². The first-order valence-corrected chi connectivity index (χ1v) is 8.40. The van der Waals surface area contributed by atoms with Crippen LogP contribution in [0.1, 0.15) is 31.9 Å². The maximum Gasteiger partial charge on any atom is 0.243 e. The highest BCUT2D eigenvalue weighted by molar-refractivity contribution is 7.88.